The van der Waals surface area contributed by atoms with Crippen LogP contribution in [0.5, 0.6) is 0 Å². The molecule has 0 saturated heterocycles. The molecule has 5 heteroatoms. The van der Waals surface area contributed by atoms with E-state index in [4.69, 9.17) is 10.8 Å². The zero-order chi connectivity index (χ0) is 14.3. The molecule has 104 valence electrons. The van der Waals surface area contributed by atoms with Crippen molar-refractivity contribution in [3.05, 3.63) is 35.4 Å². The molecule has 1 aromatic rings. The van der Waals surface area contributed by atoms with E-state index >= 15 is 0 Å². The van der Waals surface area contributed by atoms with Crippen LogP contribution in [0.2, 0.25) is 0 Å². The molecule has 5 nitrogen and oxygen atoms in total. The smallest absolute Gasteiger partial charge is 0.307 e. The van der Waals surface area contributed by atoms with Gasteiger partial charge >= 0.3 is 5.97 Å². The Kier molecular flexibility index (Phi) is 6.02. The number of hydrogen-bond donors (Lipinski definition) is 3. The summed E-state index contributed by atoms with van der Waals surface area (Å²) in [7, 11) is 0. The maximum Gasteiger partial charge on any atom is 0.307 e. The fraction of sp³-hybridized carbons (Fsp3) is 0.429. The summed E-state index contributed by atoms with van der Waals surface area (Å²) in [6.07, 6.45) is 0.652. The maximum absolute atomic E-state index is 11.8. The number of aliphatic carboxylic acids is 1. The van der Waals surface area contributed by atoms with Crippen LogP contribution in [0.15, 0.2) is 24.3 Å². The van der Waals surface area contributed by atoms with Crippen LogP contribution in [0.25, 0.3) is 0 Å². The summed E-state index contributed by atoms with van der Waals surface area (Å²) in [6, 6.07) is 7.20. The number of nitrogens with two attached hydrogens (primary N) is 1. The molecule has 0 heterocycles. The molecule has 1 aromatic carbocycles. The quantitative estimate of drug-likeness (QED) is 0.682. The summed E-state index contributed by atoms with van der Waals surface area (Å²) < 4.78 is 0. The number of carboxylic acids is 1. The summed E-state index contributed by atoms with van der Waals surface area (Å²) in [4.78, 5) is 22.6. The van der Waals surface area contributed by atoms with Gasteiger partial charge in [0.1, 0.15) is 0 Å². The third kappa shape index (κ3) is 4.71. The molecule has 19 heavy (non-hydrogen) atoms. The molecule has 1 atom stereocenters. The SMILES string of the molecule is CCC(CN)C(=O)NCc1ccccc1CC(=O)O. The van der Waals surface area contributed by atoms with E-state index in [-0.39, 0.29) is 18.2 Å². The molecular weight excluding hydrogens is 244 g/mol. The van der Waals surface area contributed by atoms with Gasteiger partial charge in [-0.15, -0.1) is 0 Å². The lowest BCUT2D eigenvalue weighted by molar-refractivity contribution is -0.136. The van der Waals surface area contributed by atoms with Gasteiger partial charge in [0.05, 0.1) is 6.42 Å². The van der Waals surface area contributed by atoms with E-state index < -0.39 is 5.97 Å². The number of rotatable bonds is 7. The summed E-state index contributed by atoms with van der Waals surface area (Å²) in [5.74, 6) is -1.16. The summed E-state index contributed by atoms with van der Waals surface area (Å²) >= 11 is 0. The number of carboxylic acid groups (broad SMARTS) is 1. The highest BCUT2D eigenvalue weighted by Gasteiger charge is 2.14. The molecule has 1 unspecified atom stereocenters. The number of amides is 1. The second-order valence-corrected chi connectivity index (χ2v) is 4.40. The Balaban J connectivity index is 2.67. The van der Waals surface area contributed by atoms with Crippen molar-refractivity contribution < 1.29 is 14.7 Å². The van der Waals surface area contributed by atoms with Gasteiger partial charge in [-0.2, -0.15) is 0 Å². The van der Waals surface area contributed by atoms with Crippen molar-refractivity contribution in [2.75, 3.05) is 6.54 Å². The van der Waals surface area contributed by atoms with Crippen molar-refractivity contribution in [3.8, 4) is 0 Å². The monoisotopic (exact) mass is 264 g/mol. The minimum Gasteiger partial charge on any atom is -0.481 e. The maximum atomic E-state index is 11.8. The Morgan fingerprint density at radius 2 is 1.95 bits per heavy atom. The van der Waals surface area contributed by atoms with E-state index in [1.807, 2.05) is 19.1 Å². The van der Waals surface area contributed by atoms with Gasteiger partial charge in [0.2, 0.25) is 5.91 Å². The molecule has 4 N–H and O–H groups in total. The average molecular weight is 264 g/mol. The fourth-order valence-electron chi connectivity index (χ4n) is 1.85. The molecule has 1 amide bonds. The van der Waals surface area contributed by atoms with Crippen molar-refractivity contribution in [1.29, 1.82) is 0 Å². The number of benzene rings is 1. The molecule has 0 spiro atoms. The van der Waals surface area contributed by atoms with Gasteiger partial charge in [-0.1, -0.05) is 31.2 Å². The van der Waals surface area contributed by atoms with E-state index in [1.54, 1.807) is 12.1 Å². The van der Waals surface area contributed by atoms with E-state index in [0.29, 0.717) is 19.5 Å². The predicted octanol–water partition coefficient (Wildman–Crippen LogP) is 0.915. The number of carbonyl (C=O) groups excluding carboxylic acids is 1. The first-order valence-electron chi connectivity index (χ1n) is 6.34. The van der Waals surface area contributed by atoms with Crippen molar-refractivity contribution in [2.24, 2.45) is 11.7 Å². The minimum atomic E-state index is -0.882. The predicted molar refractivity (Wildman–Crippen MR) is 72.5 cm³/mol. The van der Waals surface area contributed by atoms with Crippen LogP contribution >= 0.6 is 0 Å². The van der Waals surface area contributed by atoms with Crippen LogP contribution in [0, 0.1) is 5.92 Å². The largest absolute Gasteiger partial charge is 0.481 e. The molecule has 0 aliphatic carbocycles. The molecule has 0 fully saturated rings. The second kappa shape index (κ2) is 7.53. The van der Waals surface area contributed by atoms with Crippen molar-refractivity contribution in [1.82, 2.24) is 5.32 Å². The average Bonchev–Trinajstić information content (AvgIpc) is 2.38. The fourth-order valence-corrected chi connectivity index (χ4v) is 1.85. The van der Waals surface area contributed by atoms with E-state index in [1.165, 1.54) is 0 Å². The molecule has 0 saturated carbocycles. The first-order chi connectivity index (χ1) is 9.08. The Bertz CT molecular complexity index is 442. The molecule has 0 radical (unpaired) electrons. The van der Waals surface area contributed by atoms with Gasteiger partial charge in [0.25, 0.3) is 0 Å². The molecule has 0 aliphatic rings. The lowest BCUT2D eigenvalue weighted by atomic mass is 10.0. The number of hydrogen-bond acceptors (Lipinski definition) is 3. The standard InChI is InChI=1S/C14H20N2O3/c1-2-10(8-15)14(19)16-9-12-6-4-3-5-11(12)7-13(17)18/h3-6,10H,2,7-9,15H2,1H3,(H,16,19)(H,17,18). The van der Waals surface area contributed by atoms with Crippen LogP contribution < -0.4 is 11.1 Å². The van der Waals surface area contributed by atoms with Gasteiger partial charge in [-0.05, 0) is 17.5 Å². The normalized spacial score (nSPS) is 11.9. The lowest BCUT2D eigenvalue weighted by Gasteiger charge is -2.14. The highest BCUT2D eigenvalue weighted by atomic mass is 16.4. The summed E-state index contributed by atoms with van der Waals surface area (Å²) in [6.45, 7) is 2.56. The van der Waals surface area contributed by atoms with E-state index in [0.717, 1.165) is 11.1 Å². The van der Waals surface area contributed by atoms with Crippen molar-refractivity contribution in [3.63, 3.8) is 0 Å². The molecule has 0 aromatic heterocycles. The zero-order valence-corrected chi connectivity index (χ0v) is 11.1. The first kappa shape index (κ1) is 15.2. The van der Waals surface area contributed by atoms with Gasteiger partial charge < -0.3 is 16.2 Å². The minimum absolute atomic E-state index is 0.0415. The van der Waals surface area contributed by atoms with Gasteiger partial charge in [0, 0.05) is 19.0 Å². The van der Waals surface area contributed by atoms with Gasteiger partial charge in [-0.3, -0.25) is 9.59 Å². The van der Waals surface area contributed by atoms with Crippen LogP contribution in [-0.4, -0.2) is 23.5 Å². The Morgan fingerprint density at radius 3 is 2.47 bits per heavy atom. The molecular formula is C14H20N2O3. The van der Waals surface area contributed by atoms with E-state index in [2.05, 4.69) is 5.32 Å². The summed E-state index contributed by atoms with van der Waals surface area (Å²) in [5, 5.41) is 11.6. The number of nitrogens with one attached hydrogen (secondary N) is 1. The van der Waals surface area contributed by atoms with Crippen LogP contribution in [-0.2, 0) is 22.6 Å². The Hall–Kier alpha value is -1.88. The topological polar surface area (TPSA) is 92.4 Å². The summed E-state index contributed by atoms with van der Waals surface area (Å²) in [5.41, 5.74) is 7.05. The second-order valence-electron chi connectivity index (χ2n) is 4.40. The highest BCUT2D eigenvalue weighted by Crippen LogP contribution is 2.10. The third-order valence-electron chi connectivity index (χ3n) is 3.06. The zero-order valence-electron chi connectivity index (χ0n) is 11.1. The lowest BCUT2D eigenvalue weighted by Crippen LogP contribution is -2.34. The van der Waals surface area contributed by atoms with Crippen LogP contribution in [0.4, 0.5) is 0 Å². The van der Waals surface area contributed by atoms with Gasteiger partial charge in [-0.25, -0.2) is 0 Å². The van der Waals surface area contributed by atoms with Crippen molar-refractivity contribution >= 4 is 11.9 Å². The number of carbonyl (C=O) groups is 2. The third-order valence-corrected chi connectivity index (χ3v) is 3.06. The van der Waals surface area contributed by atoms with Crippen LogP contribution in [0.3, 0.4) is 0 Å². The Morgan fingerprint density at radius 1 is 1.32 bits per heavy atom. The van der Waals surface area contributed by atoms with E-state index in [9.17, 15) is 9.59 Å². The van der Waals surface area contributed by atoms with Crippen molar-refractivity contribution in [2.45, 2.75) is 26.3 Å². The molecule has 1 rings (SSSR count). The Labute approximate surface area is 112 Å². The van der Waals surface area contributed by atoms with Gasteiger partial charge in [0.15, 0.2) is 0 Å². The molecule has 0 aliphatic heterocycles. The molecule has 0 bridgehead atoms. The van der Waals surface area contributed by atoms with Crippen LogP contribution in [0.1, 0.15) is 24.5 Å². The highest BCUT2D eigenvalue weighted by molar-refractivity contribution is 5.79. The first-order valence-corrected chi connectivity index (χ1v) is 6.34.